The summed E-state index contributed by atoms with van der Waals surface area (Å²) in [5.74, 6) is 0. The summed E-state index contributed by atoms with van der Waals surface area (Å²) >= 11 is 0. The van der Waals surface area contributed by atoms with E-state index < -0.39 is 22.3 Å². The summed E-state index contributed by atoms with van der Waals surface area (Å²) in [6.45, 7) is 3.82. The van der Waals surface area contributed by atoms with Gasteiger partial charge in [0.05, 0.1) is 18.9 Å². The third-order valence-electron chi connectivity index (χ3n) is 3.74. The van der Waals surface area contributed by atoms with Crippen molar-refractivity contribution in [1.82, 2.24) is 9.88 Å². The lowest BCUT2D eigenvalue weighted by molar-refractivity contribution is 0.103. The Morgan fingerprint density at radius 1 is 1.54 bits per heavy atom. The number of pyridine rings is 1. The molecule has 0 unspecified atom stereocenters. The SMILES string of the molecule is C=CCOC(=O)N1C[C@H](OS(C)(=O)=O)C[C@H]1CCc1cccnc1. The fourth-order valence-corrected chi connectivity index (χ4v) is 3.41. The molecule has 24 heavy (non-hydrogen) atoms. The Labute approximate surface area is 142 Å². The fourth-order valence-electron chi connectivity index (χ4n) is 2.78. The number of amides is 1. The van der Waals surface area contributed by atoms with Crippen LogP contribution in [0.5, 0.6) is 0 Å². The number of carbonyl (C=O) groups excluding carboxylic acids is 1. The van der Waals surface area contributed by atoms with Gasteiger partial charge in [-0.2, -0.15) is 8.42 Å². The first-order chi connectivity index (χ1) is 11.4. The van der Waals surface area contributed by atoms with Crippen LogP contribution in [0.1, 0.15) is 18.4 Å². The molecule has 1 amide bonds. The Balaban J connectivity index is 2.02. The maximum absolute atomic E-state index is 12.2. The number of hydrogen-bond acceptors (Lipinski definition) is 6. The Hall–Kier alpha value is -1.93. The van der Waals surface area contributed by atoms with Crippen molar-refractivity contribution in [2.75, 3.05) is 19.4 Å². The van der Waals surface area contributed by atoms with Crippen LogP contribution in [0, 0.1) is 0 Å². The van der Waals surface area contributed by atoms with Gasteiger partial charge in [-0.1, -0.05) is 18.7 Å². The molecule has 0 spiro atoms. The van der Waals surface area contributed by atoms with Crippen LogP contribution in [-0.4, -0.2) is 55.9 Å². The van der Waals surface area contributed by atoms with E-state index in [9.17, 15) is 13.2 Å². The number of carbonyl (C=O) groups is 1. The fraction of sp³-hybridized carbons (Fsp3) is 0.500. The first-order valence-corrected chi connectivity index (χ1v) is 9.52. The Bertz CT molecular complexity index is 662. The van der Waals surface area contributed by atoms with Crippen molar-refractivity contribution in [1.29, 1.82) is 0 Å². The molecule has 2 rings (SSSR count). The topological polar surface area (TPSA) is 85.8 Å². The molecule has 1 fully saturated rings. The highest BCUT2D eigenvalue weighted by Gasteiger charge is 2.37. The van der Waals surface area contributed by atoms with Crippen molar-refractivity contribution in [3.63, 3.8) is 0 Å². The number of aromatic nitrogens is 1. The number of nitrogens with zero attached hydrogens (tertiary/aromatic N) is 2. The maximum Gasteiger partial charge on any atom is 0.410 e. The highest BCUT2D eigenvalue weighted by Crippen LogP contribution is 2.26. The molecule has 1 aliphatic heterocycles. The van der Waals surface area contributed by atoms with E-state index in [1.54, 1.807) is 12.4 Å². The van der Waals surface area contributed by atoms with Crippen LogP contribution >= 0.6 is 0 Å². The van der Waals surface area contributed by atoms with E-state index in [0.29, 0.717) is 12.8 Å². The summed E-state index contributed by atoms with van der Waals surface area (Å²) in [5, 5.41) is 0. The molecule has 0 aromatic carbocycles. The number of aryl methyl sites for hydroxylation is 1. The Morgan fingerprint density at radius 2 is 2.33 bits per heavy atom. The van der Waals surface area contributed by atoms with Gasteiger partial charge in [-0.3, -0.25) is 9.17 Å². The normalized spacial score (nSPS) is 20.8. The van der Waals surface area contributed by atoms with Gasteiger partial charge in [0.1, 0.15) is 6.61 Å². The molecule has 1 aromatic rings. The summed E-state index contributed by atoms with van der Waals surface area (Å²) in [6.07, 6.45) is 6.82. The molecule has 132 valence electrons. The van der Waals surface area contributed by atoms with E-state index in [-0.39, 0.29) is 19.2 Å². The molecule has 0 radical (unpaired) electrons. The Kier molecular flexibility index (Phi) is 6.33. The van der Waals surface area contributed by atoms with Gasteiger partial charge >= 0.3 is 6.09 Å². The molecule has 0 bridgehead atoms. The second kappa shape index (κ2) is 8.25. The zero-order valence-corrected chi connectivity index (χ0v) is 14.4. The minimum absolute atomic E-state index is 0.113. The van der Waals surface area contributed by atoms with Gasteiger partial charge in [-0.25, -0.2) is 4.79 Å². The first-order valence-electron chi connectivity index (χ1n) is 7.70. The van der Waals surface area contributed by atoms with Gasteiger partial charge in [0, 0.05) is 18.4 Å². The van der Waals surface area contributed by atoms with Gasteiger partial charge in [0.25, 0.3) is 10.1 Å². The van der Waals surface area contributed by atoms with Crippen LogP contribution in [0.15, 0.2) is 37.2 Å². The molecule has 1 saturated heterocycles. The minimum atomic E-state index is -3.57. The van der Waals surface area contributed by atoms with E-state index in [0.717, 1.165) is 18.2 Å². The lowest BCUT2D eigenvalue weighted by Crippen LogP contribution is -2.37. The Morgan fingerprint density at radius 3 is 2.96 bits per heavy atom. The predicted molar refractivity (Wildman–Crippen MR) is 88.9 cm³/mol. The largest absolute Gasteiger partial charge is 0.445 e. The minimum Gasteiger partial charge on any atom is -0.445 e. The molecule has 1 aromatic heterocycles. The average Bonchev–Trinajstić information content (AvgIpc) is 2.92. The van der Waals surface area contributed by atoms with Crippen molar-refractivity contribution in [2.45, 2.75) is 31.4 Å². The third-order valence-corrected chi connectivity index (χ3v) is 4.36. The van der Waals surface area contributed by atoms with E-state index in [4.69, 9.17) is 8.92 Å². The molecule has 8 heteroatoms. The smallest absolute Gasteiger partial charge is 0.410 e. The van der Waals surface area contributed by atoms with E-state index in [2.05, 4.69) is 11.6 Å². The van der Waals surface area contributed by atoms with E-state index in [1.807, 2.05) is 12.1 Å². The number of hydrogen-bond donors (Lipinski definition) is 0. The zero-order chi connectivity index (χ0) is 17.6. The maximum atomic E-state index is 12.2. The molecular formula is C16H22N2O5S. The highest BCUT2D eigenvalue weighted by atomic mass is 32.2. The summed E-state index contributed by atoms with van der Waals surface area (Å²) in [5.41, 5.74) is 1.06. The number of ether oxygens (including phenoxy) is 1. The quantitative estimate of drug-likeness (QED) is 0.548. The molecule has 0 saturated carbocycles. The van der Waals surface area contributed by atoms with Gasteiger partial charge in [0.2, 0.25) is 0 Å². The van der Waals surface area contributed by atoms with Crippen LogP contribution < -0.4 is 0 Å². The molecular weight excluding hydrogens is 332 g/mol. The molecule has 0 N–H and O–H groups in total. The van der Waals surface area contributed by atoms with Crippen LogP contribution in [0.25, 0.3) is 0 Å². The van der Waals surface area contributed by atoms with Gasteiger partial charge < -0.3 is 9.64 Å². The van der Waals surface area contributed by atoms with Crippen LogP contribution in [0.2, 0.25) is 0 Å². The van der Waals surface area contributed by atoms with Gasteiger partial charge in [-0.15, -0.1) is 0 Å². The molecule has 2 heterocycles. The summed E-state index contributed by atoms with van der Waals surface area (Å²) in [6, 6.07) is 3.68. The van der Waals surface area contributed by atoms with Crippen molar-refractivity contribution in [3.8, 4) is 0 Å². The van der Waals surface area contributed by atoms with Crippen LogP contribution in [-0.2, 0) is 25.5 Å². The van der Waals surface area contributed by atoms with Gasteiger partial charge in [0.15, 0.2) is 0 Å². The van der Waals surface area contributed by atoms with Crippen molar-refractivity contribution in [3.05, 3.63) is 42.7 Å². The summed E-state index contributed by atoms with van der Waals surface area (Å²) in [7, 11) is -3.57. The molecule has 1 aliphatic rings. The summed E-state index contributed by atoms with van der Waals surface area (Å²) in [4.78, 5) is 17.8. The van der Waals surface area contributed by atoms with Crippen molar-refractivity contribution < 1.29 is 22.1 Å². The van der Waals surface area contributed by atoms with Gasteiger partial charge in [-0.05, 0) is 30.9 Å². The van der Waals surface area contributed by atoms with Crippen molar-refractivity contribution in [2.24, 2.45) is 0 Å². The third kappa shape index (κ3) is 5.61. The molecule has 0 aliphatic carbocycles. The predicted octanol–water partition coefficient (Wildman–Crippen LogP) is 1.76. The average molecular weight is 354 g/mol. The van der Waals surface area contributed by atoms with E-state index in [1.165, 1.54) is 11.0 Å². The van der Waals surface area contributed by atoms with Crippen LogP contribution in [0.3, 0.4) is 0 Å². The van der Waals surface area contributed by atoms with Crippen molar-refractivity contribution >= 4 is 16.2 Å². The number of rotatable bonds is 7. The van der Waals surface area contributed by atoms with E-state index >= 15 is 0 Å². The monoisotopic (exact) mass is 354 g/mol. The number of likely N-dealkylation sites (tertiary alicyclic amines) is 1. The standard InChI is InChI=1S/C16H22N2O5S/c1-3-9-22-16(19)18-12-15(23-24(2,20)21)10-14(18)7-6-13-5-4-8-17-11-13/h3-5,8,11,14-15H,1,6-7,9-10,12H2,2H3/t14-,15-/m1/s1. The zero-order valence-electron chi connectivity index (χ0n) is 13.6. The van der Waals surface area contributed by atoms with Crippen LogP contribution in [0.4, 0.5) is 4.79 Å². The molecule has 2 atom stereocenters. The second-order valence-corrected chi connectivity index (χ2v) is 7.33. The second-order valence-electron chi connectivity index (χ2n) is 5.73. The lowest BCUT2D eigenvalue weighted by Gasteiger charge is -2.23. The lowest BCUT2D eigenvalue weighted by atomic mass is 10.0. The first kappa shape index (κ1) is 18.4. The summed E-state index contributed by atoms with van der Waals surface area (Å²) < 4.78 is 32.8. The molecule has 7 nitrogen and oxygen atoms in total. The highest BCUT2D eigenvalue weighted by molar-refractivity contribution is 7.86.